The van der Waals surface area contributed by atoms with Gasteiger partial charge in [0.2, 0.25) is 10.0 Å². The van der Waals surface area contributed by atoms with Crippen molar-refractivity contribution in [1.82, 2.24) is 10.6 Å². The van der Waals surface area contributed by atoms with Gasteiger partial charge >= 0.3 is 0 Å². The van der Waals surface area contributed by atoms with Crippen LogP contribution in [-0.4, -0.2) is 34.5 Å². The third-order valence-corrected chi connectivity index (χ3v) is 5.92. The van der Waals surface area contributed by atoms with Crippen molar-refractivity contribution in [3.05, 3.63) is 29.8 Å². The highest BCUT2D eigenvalue weighted by Crippen LogP contribution is 2.26. The van der Waals surface area contributed by atoms with Crippen LogP contribution in [0.1, 0.15) is 50.5 Å². The molecule has 0 unspecified atom stereocenters. The summed E-state index contributed by atoms with van der Waals surface area (Å²) in [7, 11) is -1.85. The Morgan fingerprint density at radius 1 is 1.11 bits per heavy atom. The Bertz CT molecular complexity index is 671. The van der Waals surface area contributed by atoms with E-state index in [1.807, 2.05) is 0 Å². The molecule has 1 aromatic rings. The van der Waals surface area contributed by atoms with Crippen molar-refractivity contribution >= 4 is 40.0 Å². The van der Waals surface area contributed by atoms with E-state index in [9.17, 15) is 8.42 Å². The fourth-order valence-corrected chi connectivity index (χ4v) is 3.98. The Kier molecular flexibility index (Phi) is 11.2. The summed E-state index contributed by atoms with van der Waals surface area (Å²) in [5.41, 5.74) is 1.05. The van der Waals surface area contributed by atoms with Gasteiger partial charge in [-0.2, -0.15) is 0 Å². The Morgan fingerprint density at radius 2 is 1.74 bits per heavy atom. The number of rotatable bonds is 8. The maximum atomic E-state index is 11.3. The first-order valence-electron chi connectivity index (χ1n) is 9.55. The fraction of sp³-hybridized carbons (Fsp3) is 0.632. The normalized spacial score (nSPS) is 15.9. The zero-order valence-corrected chi connectivity index (χ0v) is 19.3. The molecule has 0 atom stereocenters. The fourth-order valence-electron chi connectivity index (χ4n) is 3.46. The van der Waals surface area contributed by atoms with Crippen LogP contribution in [-0.2, 0) is 16.4 Å². The Balaban J connectivity index is 0.00000364. The van der Waals surface area contributed by atoms with Crippen LogP contribution >= 0.6 is 24.0 Å². The van der Waals surface area contributed by atoms with Gasteiger partial charge in [-0.05, 0) is 42.9 Å². The predicted octanol–water partition coefficient (Wildman–Crippen LogP) is 3.02. The standard InChI is InChI=1S/C19H32N4O2S.HI/c1-21-19(22-14-5-8-16-6-3-2-4-7-16)23-15-13-17-9-11-18(12-10-17)26(20,24)25;/h9-12,16H,2-8,13-15H2,1H3,(H2,20,24,25)(H2,21,22,23);1H. The summed E-state index contributed by atoms with van der Waals surface area (Å²) in [6.07, 6.45) is 10.3. The number of hydrogen-bond acceptors (Lipinski definition) is 3. The number of sulfonamides is 1. The lowest BCUT2D eigenvalue weighted by atomic mass is 9.86. The molecule has 4 N–H and O–H groups in total. The van der Waals surface area contributed by atoms with Crippen LogP contribution < -0.4 is 15.8 Å². The summed E-state index contributed by atoms with van der Waals surface area (Å²) in [5.74, 6) is 1.73. The van der Waals surface area contributed by atoms with Crippen LogP contribution in [0.4, 0.5) is 0 Å². The first kappa shape index (κ1) is 24.2. The molecule has 0 saturated heterocycles. The van der Waals surface area contributed by atoms with Crippen molar-refractivity contribution in [3.63, 3.8) is 0 Å². The smallest absolute Gasteiger partial charge is 0.238 e. The van der Waals surface area contributed by atoms with E-state index in [0.29, 0.717) is 0 Å². The lowest BCUT2D eigenvalue weighted by molar-refractivity contribution is 0.332. The van der Waals surface area contributed by atoms with Crippen LogP contribution in [0.5, 0.6) is 0 Å². The largest absolute Gasteiger partial charge is 0.356 e. The molecule has 1 aliphatic carbocycles. The van der Waals surface area contributed by atoms with E-state index in [4.69, 9.17) is 5.14 Å². The molecule has 1 aromatic carbocycles. The van der Waals surface area contributed by atoms with E-state index in [-0.39, 0.29) is 28.9 Å². The van der Waals surface area contributed by atoms with Crippen LogP contribution in [0.3, 0.4) is 0 Å². The van der Waals surface area contributed by atoms with Crippen molar-refractivity contribution in [3.8, 4) is 0 Å². The lowest BCUT2D eigenvalue weighted by Crippen LogP contribution is -2.38. The molecule has 0 bridgehead atoms. The number of guanidine groups is 1. The molecule has 1 aliphatic rings. The lowest BCUT2D eigenvalue weighted by Gasteiger charge is -2.21. The van der Waals surface area contributed by atoms with Crippen LogP contribution in [0.25, 0.3) is 0 Å². The molecule has 0 heterocycles. The highest BCUT2D eigenvalue weighted by Gasteiger charge is 2.12. The highest BCUT2D eigenvalue weighted by atomic mass is 127. The van der Waals surface area contributed by atoms with Crippen molar-refractivity contribution in [2.75, 3.05) is 20.1 Å². The number of aliphatic imine (C=N–C) groups is 1. The van der Waals surface area contributed by atoms with Gasteiger partial charge in [-0.3, -0.25) is 4.99 Å². The summed E-state index contributed by atoms with van der Waals surface area (Å²) >= 11 is 0. The minimum Gasteiger partial charge on any atom is -0.356 e. The second-order valence-corrected chi connectivity index (χ2v) is 8.57. The van der Waals surface area contributed by atoms with Gasteiger partial charge in [-0.1, -0.05) is 44.2 Å². The highest BCUT2D eigenvalue weighted by molar-refractivity contribution is 14.0. The van der Waals surface area contributed by atoms with Crippen LogP contribution in [0.2, 0.25) is 0 Å². The number of nitrogens with one attached hydrogen (secondary N) is 2. The predicted molar refractivity (Wildman–Crippen MR) is 122 cm³/mol. The SMILES string of the molecule is CN=C(NCCCC1CCCCC1)NCCc1ccc(S(N)(=O)=O)cc1.I. The molecule has 2 rings (SSSR count). The molecule has 1 fully saturated rings. The van der Waals surface area contributed by atoms with E-state index in [1.54, 1.807) is 31.3 Å². The molecule has 27 heavy (non-hydrogen) atoms. The van der Waals surface area contributed by atoms with Crippen LogP contribution in [0.15, 0.2) is 34.2 Å². The zero-order chi connectivity index (χ0) is 18.8. The summed E-state index contributed by atoms with van der Waals surface area (Å²) < 4.78 is 22.5. The molecular formula is C19H33IN4O2S. The summed E-state index contributed by atoms with van der Waals surface area (Å²) in [5, 5.41) is 11.8. The third kappa shape index (κ3) is 9.25. The first-order valence-corrected chi connectivity index (χ1v) is 11.1. The zero-order valence-electron chi connectivity index (χ0n) is 16.1. The first-order chi connectivity index (χ1) is 12.5. The summed E-state index contributed by atoms with van der Waals surface area (Å²) in [6.45, 7) is 1.68. The van der Waals surface area contributed by atoms with Gasteiger partial charge in [0.25, 0.3) is 0 Å². The van der Waals surface area contributed by atoms with E-state index < -0.39 is 10.0 Å². The molecule has 0 spiro atoms. The van der Waals surface area contributed by atoms with Gasteiger partial charge in [0, 0.05) is 20.1 Å². The molecule has 1 saturated carbocycles. The Labute approximate surface area is 180 Å². The van der Waals surface area contributed by atoms with E-state index >= 15 is 0 Å². The van der Waals surface area contributed by atoms with Gasteiger partial charge in [0.05, 0.1) is 4.90 Å². The Morgan fingerprint density at radius 3 is 2.33 bits per heavy atom. The number of primary sulfonamides is 1. The summed E-state index contributed by atoms with van der Waals surface area (Å²) in [6, 6.07) is 6.68. The molecule has 0 amide bonds. The van der Waals surface area contributed by atoms with Gasteiger partial charge in [0.1, 0.15) is 0 Å². The van der Waals surface area contributed by atoms with Crippen molar-refractivity contribution in [2.45, 2.75) is 56.3 Å². The number of halogens is 1. The monoisotopic (exact) mass is 508 g/mol. The second kappa shape index (κ2) is 12.6. The van der Waals surface area contributed by atoms with E-state index in [0.717, 1.165) is 37.0 Å². The van der Waals surface area contributed by atoms with Gasteiger partial charge < -0.3 is 10.6 Å². The molecule has 0 radical (unpaired) electrons. The topological polar surface area (TPSA) is 96.6 Å². The summed E-state index contributed by atoms with van der Waals surface area (Å²) in [4.78, 5) is 4.39. The van der Waals surface area contributed by atoms with Gasteiger partial charge in [-0.15, -0.1) is 24.0 Å². The quantitative estimate of drug-likeness (QED) is 0.218. The number of hydrogen-bond donors (Lipinski definition) is 3. The van der Waals surface area contributed by atoms with Crippen LogP contribution in [0, 0.1) is 5.92 Å². The molecule has 154 valence electrons. The minimum atomic E-state index is -3.62. The van der Waals surface area contributed by atoms with E-state index in [1.165, 1.54) is 44.9 Å². The Hall–Kier alpha value is -0.870. The average molecular weight is 508 g/mol. The third-order valence-electron chi connectivity index (χ3n) is 4.99. The molecule has 6 nitrogen and oxygen atoms in total. The number of nitrogens with two attached hydrogens (primary N) is 1. The van der Waals surface area contributed by atoms with Crippen molar-refractivity contribution in [2.24, 2.45) is 16.0 Å². The number of nitrogens with zero attached hydrogens (tertiary/aromatic N) is 1. The maximum absolute atomic E-state index is 11.3. The number of benzene rings is 1. The van der Waals surface area contributed by atoms with E-state index in [2.05, 4.69) is 15.6 Å². The average Bonchev–Trinajstić information content (AvgIpc) is 2.64. The molecular weight excluding hydrogens is 475 g/mol. The van der Waals surface area contributed by atoms with Crippen molar-refractivity contribution < 1.29 is 8.42 Å². The maximum Gasteiger partial charge on any atom is 0.238 e. The van der Waals surface area contributed by atoms with Crippen molar-refractivity contribution in [1.29, 1.82) is 0 Å². The molecule has 0 aromatic heterocycles. The van der Waals surface area contributed by atoms with Gasteiger partial charge in [-0.25, -0.2) is 13.6 Å². The molecule has 8 heteroatoms. The second-order valence-electron chi connectivity index (χ2n) is 7.01. The minimum absolute atomic E-state index is 0. The van der Waals surface area contributed by atoms with Gasteiger partial charge in [0.15, 0.2) is 5.96 Å². The molecule has 0 aliphatic heterocycles.